The lowest BCUT2D eigenvalue weighted by Gasteiger charge is -2.28. The molecule has 18 heavy (non-hydrogen) atoms. The predicted molar refractivity (Wildman–Crippen MR) is 65.6 cm³/mol. The third-order valence-corrected chi connectivity index (χ3v) is 3.29. The number of carbonyl (C=O) groups excluding carboxylic acids is 1. The number of esters is 1. The molecule has 0 radical (unpaired) electrons. The van der Waals surface area contributed by atoms with Crippen molar-refractivity contribution < 1.29 is 19.0 Å². The Morgan fingerprint density at radius 1 is 1.44 bits per heavy atom. The van der Waals surface area contributed by atoms with E-state index in [0.717, 1.165) is 11.3 Å². The Morgan fingerprint density at radius 2 is 2.17 bits per heavy atom. The van der Waals surface area contributed by atoms with Crippen LogP contribution in [0.15, 0.2) is 18.2 Å². The number of benzene rings is 1. The highest BCUT2D eigenvalue weighted by Crippen LogP contribution is 2.36. The van der Waals surface area contributed by atoms with E-state index in [2.05, 4.69) is 5.32 Å². The Bertz CT molecular complexity index is 460. The topological polar surface area (TPSA) is 56.8 Å². The van der Waals surface area contributed by atoms with Crippen LogP contribution in [0.1, 0.15) is 18.9 Å². The SMILES string of the molecule is CNC(C)(CC(=O)OC)c1ccc2c(c1)OCO2. The van der Waals surface area contributed by atoms with Gasteiger partial charge < -0.3 is 19.5 Å². The van der Waals surface area contributed by atoms with Gasteiger partial charge in [0.05, 0.1) is 19.1 Å². The van der Waals surface area contributed by atoms with Gasteiger partial charge in [-0.3, -0.25) is 4.79 Å². The van der Waals surface area contributed by atoms with Crippen molar-refractivity contribution in [2.24, 2.45) is 0 Å². The number of carbonyl (C=O) groups is 1. The highest BCUT2D eigenvalue weighted by atomic mass is 16.7. The van der Waals surface area contributed by atoms with Crippen molar-refractivity contribution >= 4 is 5.97 Å². The minimum Gasteiger partial charge on any atom is -0.469 e. The summed E-state index contributed by atoms with van der Waals surface area (Å²) in [6.45, 7) is 2.19. The first-order chi connectivity index (χ1) is 8.59. The average Bonchev–Trinajstić information content (AvgIpc) is 2.85. The van der Waals surface area contributed by atoms with Gasteiger partial charge in [-0.05, 0) is 31.7 Å². The van der Waals surface area contributed by atoms with Crippen molar-refractivity contribution in [2.75, 3.05) is 21.0 Å². The normalized spacial score (nSPS) is 16.2. The zero-order chi connectivity index (χ0) is 13.2. The Kier molecular flexibility index (Phi) is 3.43. The van der Waals surface area contributed by atoms with Crippen LogP contribution in [0.2, 0.25) is 0 Å². The van der Waals surface area contributed by atoms with Gasteiger partial charge in [0.15, 0.2) is 11.5 Å². The van der Waals surface area contributed by atoms with E-state index in [1.54, 1.807) is 0 Å². The summed E-state index contributed by atoms with van der Waals surface area (Å²) < 4.78 is 15.3. The molecule has 1 unspecified atom stereocenters. The third kappa shape index (κ3) is 2.26. The third-order valence-electron chi connectivity index (χ3n) is 3.29. The molecule has 0 aliphatic carbocycles. The second-order valence-corrected chi connectivity index (χ2v) is 4.40. The molecule has 1 atom stereocenters. The van der Waals surface area contributed by atoms with E-state index in [4.69, 9.17) is 14.2 Å². The molecule has 0 fully saturated rings. The lowest BCUT2D eigenvalue weighted by molar-refractivity contribution is -0.142. The fourth-order valence-electron chi connectivity index (χ4n) is 1.94. The van der Waals surface area contributed by atoms with Crippen molar-refractivity contribution in [3.05, 3.63) is 23.8 Å². The van der Waals surface area contributed by atoms with Crippen molar-refractivity contribution in [1.29, 1.82) is 0 Å². The number of fused-ring (bicyclic) bond motifs is 1. The molecular formula is C13H17NO4. The van der Waals surface area contributed by atoms with Gasteiger partial charge in [-0.2, -0.15) is 0 Å². The van der Waals surface area contributed by atoms with Gasteiger partial charge >= 0.3 is 5.97 Å². The maximum Gasteiger partial charge on any atom is 0.307 e. The molecule has 1 heterocycles. The first kappa shape index (κ1) is 12.7. The molecule has 1 aromatic carbocycles. The average molecular weight is 251 g/mol. The predicted octanol–water partition coefficient (Wildman–Crippen LogP) is 1.41. The molecule has 5 nitrogen and oxygen atoms in total. The second kappa shape index (κ2) is 4.86. The molecule has 0 spiro atoms. The van der Waals surface area contributed by atoms with Crippen molar-refractivity contribution in [3.63, 3.8) is 0 Å². The monoisotopic (exact) mass is 251 g/mol. The summed E-state index contributed by atoms with van der Waals surface area (Å²) in [4.78, 5) is 11.5. The fourth-order valence-corrected chi connectivity index (χ4v) is 1.94. The van der Waals surface area contributed by atoms with Crippen LogP contribution in [0.3, 0.4) is 0 Å². The maximum atomic E-state index is 11.5. The van der Waals surface area contributed by atoms with Crippen molar-refractivity contribution in [2.45, 2.75) is 18.9 Å². The zero-order valence-electron chi connectivity index (χ0n) is 10.8. The van der Waals surface area contributed by atoms with Crippen LogP contribution in [0.25, 0.3) is 0 Å². The maximum absolute atomic E-state index is 11.5. The molecule has 0 saturated heterocycles. The molecule has 1 aromatic rings. The summed E-state index contributed by atoms with van der Waals surface area (Å²) in [7, 11) is 3.20. The summed E-state index contributed by atoms with van der Waals surface area (Å²) in [5, 5.41) is 3.15. The highest BCUT2D eigenvalue weighted by molar-refractivity contribution is 5.71. The van der Waals surface area contributed by atoms with Crippen LogP contribution >= 0.6 is 0 Å². The summed E-state index contributed by atoms with van der Waals surface area (Å²) in [5.74, 6) is 1.18. The first-order valence-electron chi connectivity index (χ1n) is 5.75. The minimum absolute atomic E-state index is 0.242. The Morgan fingerprint density at radius 3 is 2.83 bits per heavy atom. The molecule has 2 rings (SSSR count). The first-order valence-corrected chi connectivity index (χ1v) is 5.75. The van der Waals surface area contributed by atoms with Gasteiger partial charge in [0.1, 0.15) is 0 Å². The summed E-state index contributed by atoms with van der Waals surface area (Å²) >= 11 is 0. The Labute approximate surface area is 106 Å². The van der Waals surface area contributed by atoms with E-state index < -0.39 is 5.54 Å². The van der Waals surface area contributed by atoms with E-state index in [1.807, 2.05) is 32.2 Å². The summed E-state index contributed by atoms with van der Waals surface area (Å²) in [5.41, 5.74) is 0.466. The van der Waals surface area contributed by atoms with Crippen LogP contribution < -0.4 is 14.8 Å². The molecule has 98 valence electrons. The van der Waals surface area contributed by atoms with Crippen LogP contribution in [0, 0.1) is 0 Å². The van der Waals surface area contributed by atoms with Gasteiger partial charge in [0.2, 0.25) is 6.79 Å². The Balaban J connectivity index is 2.29. The quantitative estimate of drug-likeness (QED) is 0.820. The zero-order valence-corrected chi connectivity index (χ0v) is 10.8. The van der Waals surface area contributed by atoms with E-state index in [0.29, 0.717) is 5.75 Å². The van der Waals surface area contributed by atoms with E-state index in [1.165, 1.54) is 7.11 Å². The molecule has 0 amide bonds. The summed E-state index contributed by atoms with van der Waals surface area (Å²) in [6.07, 6.45) is 0.250. The van der Waals surface area contributed by atoms with Gasteiger partial charge in [0, 0.05) is 0 Å². The molecule has 0 bridgehead atoms. The lowest BCUT2D eigenvalue weighted by Crippen LogP contribution is -2.39. The van der Waals surface area contributed by atoms with Gasteiger partial charge in [-0.15, -0.1) is 0 Å². The number of ether oxygens (including phenoxy) is 3. The molecule has 1 aliphatic rings. The molecule has 1 N–H and O–H groups in total. The van der Waals surface area contributed by atoms with Crippen molar-refractivity contribution in [3.8, 4) is 11.5 Å². The van der Waals surface area contributed by atoms with E-state index in [9.17, 15) is 4.79 Å². The second-order valence-electron chi connectivity index (χ2n) is 4.40. The fraction of sp³-hybridized carbons (Fsp3) is 0.462. The molecular weight excluding hydrogens is 234 g/mol. The number of hydrogen-bond acceptors (Lipinski definition) is 5. The molecule has 5 heteroatoms. The standard InChI is InChI=1S/C13H17NO4/c1-13(14-2,7-12(15)16-3)9-4-5-10-11(6-9)18-8-17-10/h4-6,14H,7-8H2,1-3H3. The number of nitrogens with one attached hydrogen (secondary N) is 1. The highest BCUT2D eigenvalue weighted by Gasteiger charge is 2.30. The van der Waals surface area contributed by atoms with Crippen molar-refractivity contribution in [1.82, 2.24) is 5.32 Å². The molecule has 0 saturated carbocycles. The van der Waals surface area contributed by atoms with Crippen LogP contribution in [0.5, 0.6) is 11.5 Å². The van der Waals surface area contributed by atoms with Crippen LogP contribution in [0.4, 0.5) is 0 Å². The Hall–Kier alpha value is -1.75. The van der Waals surface area contributed by atoms with Crippen LogP contribution in [-0.4, -0.2) is 26.9 Å². The molecule has 1 aliphatic heterocycles. The van der Waals surface area contributed by atoms with Gasteiger partial charge in [0.25, 0.3) is 0 Å². The minimum atomic E-state index is -0.492. The lowest BCUT2D eigenvalue weighted by atomic mass is 9.88. The van der Waals surface area contributed by atoms with E-state index in [-0.39, 0.29) is 19.2 Å². The van der Waals surface area contributed by atoms with Gasteiger partial charge in [-0.1, -0.05) is 6.07 Å². The summed E-state index contributed by atoms with van der Waals surface area (Å²) in [6, 6.07) is 5.67. The van der Waals surface area contributed by atoms with Gasteiger partial charge in [-0.25, -0.2) is 0 Å². The number of methoxy groups -OCH3 is 1. The van der Waals surface area contributed by atoms with E-state index >= 15 is 0 Å². The number of hydrogen-bond donors (Lipinski definition) is 1. The smallest absolute Gasteiger partial charge is 0.307 e. The number of rotatable bonds is 4. The molecule has 0 aromatic heterocycles. The largest absolute Gasteiger partial charge is 0.469 e. The van der Waals surface area contributed by atoms with Crippen LogP contribution in [-0.2, 0) is 15.1 Å².